The minimum atomic E-state index is -3.84. The van der Waals surface area contributed by atoms with Crippen LogP contribution in [0, 0.1) is 0 Å². The van der Waals surface area contributed by atoms with Crippen LogP contribution in [0.2, 0.25) is 0 Å². The number of aromatic amines is 1. The molecule has 0 atom stereocenters. The molecule has 2 N–H and O–H groups in total. The zero-order valence-corrected chi connectivity index (χ0v) is 15.0. The molecule has 0 radical (unpaired) electrons. The molecule has 0 aliphatic rings. The molecule has 4 rings (SSSR count). The largest absolute Gasteiger partial charge is 0.417 e. The monoisotopic (exact) mass is 389 g/mol. The molecular weight excluding hydrogens is 374 g/mol. The van der Waals surface area contributed by atoms with Gasteiger partial charge in [-0.25, -0.2) is 17.9 Å². The fourth-order valence-corrected chi connectivity index (χ4v) is 3.66. The van der Waals surface area contributed by atoms with E-state index in [-0.39, 0.29) is 22.9 Å². The zero-order chi connectivity index (χ0) is 19.0. The number of hydrogen-bond acceptors (Lipinski definition) is 7. The molecule has 27 heavy (non-hydrogen) atoms. The van der Waals surface area contributed by atoms with Crippen LogP contribution in [0.5, 0.6) is 0 Å². The van der Waals surface area contributed by atoms with Crippen molar-refractivity contribution in [1.29, 1.82) is 0 Å². The first-order valence-electron chi connectivity index (χ1n) is 8.07. The Kier molecular flexibility index (Phi) is 4.16. The van der Waals surface area contributed by atoms with Crippen molar-refractivity contribution in [2.75, 3.05) is 0 Å². The number of aromatic nitrogens is 4. The molecule has 3 heterocycles. The fraction of sp³-hybridized carbons (Fsp3) is 0.188. The number of aryl methyl sites for hydroxylation is 1. The highest BCUT2D eigenvalue weighted by atomic mass is 32.2. The summed E-state index contributed by atoms with van der Waals surface area (Å²) in [5.74, 6) is -0.133. The first kappa shape index (κ1) is 17.2. The maximum Gasteiger partial charge on any atom is 0.417 e. The number of H-pyrrole nitrogens is 1. The number of nitrogens with zero attached hydrogens (tertiary/aromatic N) is 3. The van der Waals surface area contributed by atoms with Gasteiger partial charge in [0.25, 0.3) is 0 Å². The van der Waals surface area contributed by atoms with E-state index in [1.165, 1.54) is 18.2 Å². The fourth-order valence-electron chi connectivity index (χ4n) is 2.66. The molecule has 0 aliphatic carbocycles. The summed E-state index contributed by atoms with van der Waals surface area (Å²) in [6.45, 7) is 2.57. The van der Waals surface area contributed by atoms with Gasteiger partial charge in [0.2, 0.25) is 21.7 Å². The Balaban J connectivity index is 1.52. The summed E-state index contributed by atoms with van der Waals surface area (Å²) in [6.07, 6.45) is 1.89. The normalized spacial score (nSPS) is 12.0. The minimum Gasteiger partial charge on any atom is -0.408 e. The van der Waals surface area contributed by atoms with Crippen LogP contribution in [0.25, 0.3) is 22.6 Å². The van der Waals surface area contributed by atoms with Crippen molar-refractivity contribution in [3.63, 3.8) is 0 Å². The lowest BCUT2D eigenvalue weighted by Crippen LogP contribution is -2.23. The molecular formula is C16H15N5O5S. The summed E-state index contributed by atoms with van der Waals surface area (Å²) in [7, 11) is -3.84. The summed E-state index contributed by atoms with van der Waals surface area (Å²) < 4.78 is 39.3. The summed E-state index contributed by atoms with van der Waals surface area (Å²) in [6, 6.07) is 7.79. The smallest absolute Gasteiger partial charge is 0.408 e. The van der Waals surface area contributed by atoms with Gasteiger partial charge >= 0.3 is 5.76 Å². The number of hydrogen-bond donors (Lipinski definition) is 2. The molecule has 0 saturated carbocycles. The number of sulfonamides is 1. The van der Waals surface area contributed by atoms with E-state index in [0.29, 0.717) is 11.3 Å². The summed E-state index contributed by atoms with van der Waals surface area (Å²) in [5, 5.41) is 3.89. The Morgan fingerprint density at radius 3 is 2.96 bits per heavy atom. The highest BCUT2D eigenvalue weighted by Crippen LogP contribution is 2.18. The Bertz CT molecular complexity index is 1260. The summed E-state index contributed by atoms with van der Waals surface area (Å²) in [4.78, 5) is 17.8. The van der Waals surface area contributed by atoms with E-state index in [9.17, 15) is 13.2 Å². The van der Waals surface area contributed by atoms with Crippen LogP contribution < -0.4 is 10.5 Å². The lowest BCUT2D eigenvalue weighted by molar-refractivity contribution is 0.375. The van der Waals surface area contributed by atoms with Gasteiger partial charge in [0.05, 0.1) is 22.7 Å². The van der Waals surface area contributed by atoms with Crippen molar-refractivity contribution >= 4 is 21.1 Å². The maximum absolute atomic E-state index is 12.5. The third kappa shape index (κ3) is 3.29. The second kappa shape index (κ2) is 6.52. The minimum absolute atomic E-state index is 0.0216. The molecule has 0 spiro atoms. The third-order valence-corrected chi connectivity index (χ3v) is 5.38. The Morgan fingerprint density at radius 1 is 1.30 bits per heavy atom. The number of nitrogens with one attached hydrogen (secondary N) is 2. The SMILES string of the molecule is CCn1cccc1-c1noc(CNS(=O)(=O)c2ccc3oc(=O)[nH]c3c2)n1. The predicted octanol–water partition coefficient (Wildman–Crippen LogP) is 1.47. The van der Waals surface area contributed by atoms with Gasteiger partial charge in [0.15, 0.2) is 5.58 Å². The van der Waals surface area contributed by atoms with Crippen LogP contribution in [0.1, 0.15) is 12.8 Å². The van der Waals surface area contributed by atoms with Crippen molar-refractivity contribution in [1.82, 2.24) is 24.4 Å². The second-order valence-corrected chi connectivity index (χ2v) is 7.46. The van der Waals surface area contributed by atoms with E-state index in [1.54, 1.807) is 0 Å². The van der Waals surface area contributed by atoms with Crippen LogP contribution in [0.15, 0.2) is 55.2 Å². The first-order chi connectivity index (χ1) is 13.0. The van der Waals surface area contributed by atoms with Crippen molar-refractivity contribution < 1.29 is 17.4 Å². The van der Waals surface area contributed by atoms with Gasteiger partial charge in [-0.15, -0.1) is 0 Å². The number of benzene rings is 1. The van der Waals surface area contributed by atoms with Crippen LogP contribution in [0.3, 0.4) is 0 Å². The van der Waals surface area contributed by atoms with Crippen LogP contribution in [-0.4, -0.2) is 28.1 Å². The lowest BCUT2D eigenvalue weighted by Gasteiger charge is -2.04. The van der Waals surface area contributed by atoms with E-state index in [2.05, 4.69) is 19.8 Å². The van der Waals surface area contributed by atoms with E-state index in [1.807, 2.05) is 29.8 Å². The molecule has 140 valence electrons. The molecule has 3 aromatic heterocycles. The first-order valence-corrected chi connectivity index (χ1v) is 9.55. The Hall–Kier alpha value is -3.18. The zero-order valence-electron chi connectivity index (χ0n) is 14.2. The van der Waals surface area contributed by atoms with Crippen LogP contribution in [-0.2, 0) is 23.1 Å². The van der Waals surface area contributed by atoms with E-state index in [0.717, 1.165) is 12.2 Å². The van der Waals surface area contributed by atoms with E-state index in [4.69, 9.17) is 8.94 Å². The summed E-state index contributed by atoms with van der Waals surface area (Å²) in [5.41, 5.74) is 1.35. The van der Waals surface area contributed by atoms with Gasteiger partial charge in [-0.1, -0.05) is 5.16 Å². The van der Waals surface area contributed by atoms with Gasteiger partial charge in [0.1, 0.15) is 0 Å². The standard InChI is InChI=1S/C16H15N5O5S/c1-2-21-7-3-4-12(21)15-19-14(26-20-15)9-17-27(23,24)10-5-6-13-11(8-10)18-16(22)25-13/h3-8,17H,2,9H2,1H3,(H,18,22). The number of rotatable bonds is 6. The Morgan fingerprint density at radius 2 is 2.15 bits per heavy atom. The van der Waals surface area contributed by atoms with Gasteiger partial charge in [-0.2, -0.15) is 4.98 Å². The van der Waals surface area contributed by atoms with E-state index < -0.39 is 15.8 Å². The second-order valence-electron chi connectivity index (χ2n) is 5.69. The average molecular weight is 389 g/mol. The molecule has 1 aromatic carbocycles. The van der Waals surface area contributed by atoms with E-state index >= 15 is 0 Å². The van der Waals surface area contributed by atoms with Crippen molar-refractivity contribution in [3.8, 4) is 11.5 Å². The van der Waals surface area contributed by atoms with Crippen molar-refractivity contribution in [2.24, 2.45) is 0 Å². The molecule has 0 unspecified atom stereocenters. The van der Waals surface area contributed by atoms with Crippen LogP contribution in [0.4, 0.5) is 0 Å². The maximum atomic E-state index is 12.5. The molecule has 10 nitrogen and oxygen atoms in total. The molecule has 0 bridgehead atoms. The molecule has 0 amide bonds. The highest BCUT2D eigenvalue weighted by molar-refractivity contribution is 7.89. The van der Waals surface area contributed by atoms with Gasteiger partial charge < -0.3 is 13.5 Å². The highest BCUT2D eigenvalue weighted by Gasteiger charge is 2.18. The van der Waals surface area contributed by atoms with Crippen molar-refractivity contribution in [3.05, 3.63) is 53.0 Å². The van der Waals surface area contributed by atoms with Gasteiger partial charge in [-0.3, -0.25) is 4.98 Å². The van der Waals surface area contributed by atoms with Crippen molar-refractivity contribution in [2.45, 2.75) is 24.9 Å². The van der Waals surface area contributed by atoms with Crippen LogP contribution >= 0.6 is 0 Å². The lowest BCUT2D eigenvalue weighted by atomic mass is 10.3. The molecule has 11 heteroatoms. The average Bonchev–Trinajstić information content (AvgIpc) is 3.36. The summed E-state index contributed by atoms with van der Waals surface area (Å²) >= 11 is 0. The Labute approximate surface area is 152 Å². The topological polar surface area (TPSA) is 136 Å². The van der Waals surface area contributed by atoms with Gasteiger partial charge in [0, 0.05) is 12.7 Å². The predicted molar refractivity (Wildman–Crippen MR) is 94.3 cm³/mol. The number of oxazole rings is 1. The molecule has 0 saturated heterocycles. The number of fused-ring (bicyclic) bond motifs is 1. The molecule has 4 aromatic rings. The van der Waals surface area contributed by atoms with Gasteiger partial charge in [-0.05, 0) is 37.3 Å². The quantitative estimate of drug-likeness (QED) is 0.509. The third-order valence-electron chi connectivity index (χ3n) is 3.98. The molecule has 0 fully saturated rings. The molecule has 0 aliphatic heterocycles.